The number of amides is 2. The van der Waals surface area contributed by atoms with Crippen molar-refractivity contribution in [3.63, 3.8) is 0 Å². The summed E-state index contributed by atoms with van der Waals surface area (Å²) < 4.78 is 0. The second-order valence-corrected chi connectivity index (χ2v) is 10.5. The van der Waals surface area contributed by atoms with Crippen LogP contribution in [0.3, 0.4) is 0 Å². The molecule has 5 nitrogen and oxygen atoms in total. The first-order chi connectivity index (χ1) is 13.6. The molecule has 2 saturated heterocycles. The van der Waals surface area contributed by atoms with Crippen molar-refractivity contribution in [2.45, 2.75) is 37.4 Å². The van der Waals surface area contributed by atoms with Gasteiger partial charge in [0.25, 0.3) is 0 Å². The Morgan fingerprint density at radius 3 is 2.64 bits per heavy atom. The van der Waals surface area contributed by atoms with Crippen LogP contribution >= 0.6 is 33.2 Å². The molecule has 0 saturated carbocycles. The standard InChI is InChI=1S/C20H28ClN3O2S2/c21-17-6-2-3-7-18(17)22-19(25)15-23-10-12-24(13-11-23)20(26)8-4-1-5-16-9-14-27-28-16/h2-3,6-7,16H,1,4-5,8-15H2,(H,22,25). The summed E-state index contributed by atoms with van der Waals surface area (Å²) in [5, 5.41) is 4.18. The zero-order valence-corrected chi connectivity index (χ0v) is 18.5. The van der Waals surface area contributed by atoms with Crippen LogP contribution in [0.2, 0.25) is 5.02 Å². The SMILES string of the molecule is O=C(CN1CCN(C(=O)CCCCC2CCSS2)CC1)Nc1ccccc1Cl. The van der Waals surface area contributed by atoms with Gasteiger partial charge in [-0.2, -0.15) is 0 Å². The molecule has 2 fully saturated rings. The van der Waals surface area contributed by atoms with Crippen molar-refractivity contribution in [2.75, 3.05) is 43.8 Å². The number of rotatable bonds is 8. The molecular formula is C20H28ClN3O2S2. The number of nitrogens with zero attached hydrogens (tertiary/aromatic N) is 2. The zero-order chi connectivity index (χ0) is 19.8. The van der Waals surface area contributed by atoms with Gasteiger partial charge in [0.2, 0.25) is 11.8 Å². The van der Waals surface area contributed by atoms with Crippen molar-refractivity contribution in [3.05, 3.63) is 29.3 Å². The minimum atomic E-state index is -0.0733. The van der Waals surface area contributed by atoms with Gasteiger partial charge in [-0.25, -0.2) is 0 Å². The third-order valence-corrected chi connectivity index (χ3v) is 8.47. The van der Waals surface area contributed by atoms with Crippen molar-refractivity contribution in [2.24, 2.45) is 0 Å². The van der Waals surface area contributed by atoms with Crippen LogP contribution in [0.15, 0.2) is 24.3 Å². The first-order valence-corrected chi connectivity index (χ1v) is 12.7. The summed E-state index contributed by atoms with van der Waals surface area (Å²) in [6.45, 7) is 3.19. The van der Waals surface area contributed by atoms with Crippen LogP contribution < -0.4 is 5.32 Å². The number of piperazine rings is 1. The van der Waals surface area contributed by atoms with Crippen molar-refractivity contribution in [1.29, 1.82) is 0 Å². The van der Waals surface area contributed by atoms with Crippen LogP contribution in [0.5, 0.6) is 0 Å². The Bertz CT molecular complexity index is 663. The molecule has 0 radical (unpaired) electrons. The number of hydrogen-bond acceptors (Lipinski definition) is 5. The number of carbonyl (C=O) groups is 2. The summed E-state index contributed by atoms with van der Waals surface area (Å²) in [6.07, 6.45) is 5.33. The lowest BCUT2D eigenvalue weighted by Crippen LogP contribution is -2.50. The molecule has 1 unspecified atom stereocenters. The van der Waals surface area contributed by atoms with Crippen molar-refractivity contribution < 1.29 is 9.59 Å². The Morgan fingerprint density at radius 1 is 1.14 bits per heavy atom. The lowest BCUT2D eigenvalue weighted by atomic mass is 10.1. The van der Waals surface area contributed by atoms with Gasteiger partial charge in [0, 0.05) is 43.6 Å². The maximum Gasteiger partial charge on any atom is 0.238 e. The van der Waals surface area contributed by atoms with E-state index in [1.807, 2.05) is 38.6 Å². The summed E-state index contributed by atoms with van der Waals surface area (Å²) >= 11 is 6.08. The number of nitrogens with one attached hydrogen (secondary N) is 1. The highest BCUT2D eigenvalue weighted by Gasteiger charge is 2.22. The van der Waals surface area contributed by atoms with Gasteiger partial charge < -0.3 is 10.2 Å². The van der Waals surface area contributed by atoms with Gasteiger partial charge in [0.15, 0.2) is 0 Å². The van der Waals surface area contributed by atoms with E-state index < -0.39 is 0 Å². The van der Waals surface area contributed by atoms with Gasteiger partial charge >= 0.3 is 0 Å². The van der Waals surface area contributed by atoms with E-state index in [4.69, 9.17) is 11.6 Å². The van der Waals surface area contributed by atoms with Gasteiger partial charge in [-0.3, -0.25) is 14.5 Å². The zero-order valence-electron chi connectivity index (χ0n) is 16.1. The number of anilines is 1. The average molecular weight is 442 g/mol. The van der Waals surface area contributed by atoms with Gasteiger partial charge in [-0.15, -0.1) is 0 Å². The van der Waals surface area contributed by atoms with Crippen molar-refractivity contribution >= 4 is 50.7 Å². The molecule has 154 valence electrons. The molecule has 2 heterocycles. The fraction of sp³-hybridized carbons (Fsp3) is 0.600. The molecule has 1 N–H and O–H groups in total. The van der Waals surface area contributed by atoms with Crippen LogP contribution in [0.4, 0.5) is 5.69 Å². The van der Waals surface area contributed by atoms with Gasteiger partial charge in [-0.1, -0.05) is 51.7 Å². The van der Waals surface area contributed by atoms with Crippen molar-refractivity contribution in [3.8, 4) is 0 Å². The third kappa shape index (κ3) is 6.87. The molecular weight excluding hydrogens is 414 g/mol. The Balaban J connectivity index is 1.30. The normalized spacial score (nSPS) is 20.3. The van der Waals surface area contributed by atoms with E-state index in [9.17, 15) is 9.59 Å². The maximum atomic E-state index is 12.4. The molecule has 0 bridgehead atoms. The predicted octanol–water partition coefficient (Wildman–Crippen LogP) is 4.14. The number of para-hydroxylation sites is 1. The Hall–Kier alpha value is -0.890. The molecule has 2 aliphatic heterocycles. The van der Waals surface area contributed by atoms with E-state index in [1.54, 1.807) is 12.1 Å². The summed E-state index contributed by atoms with van der Waals surface area (Å²) in [6, 6.07) is 7.23. The van der Waals surface area contributed by atoms with Crippen LogP contribution in [-0.2, 0) is 9.59 Å². The van der Waals surface area contributed by atoms with E-state index in [0.29, 0.717) is 36.8 Å². The second kappa shape index (κ2) is 11.3. The summed E-state index contributed by atoms with van der Waals surface area (Å²) in [4.78, 5) is 28.7. The fourth-order valence-electron chi connectivity index (χ4n) is 3.48. The summed E-state index contributed by atoms with van der Waals surface area (Å²) in [5.74, 6) is 1.46. The van der Waals surface area contributed by atoms with Crippen LogP contribution in [-0.4, -0.2) is 65.3 Å². The molecule has 0 aromatic heterocycles. The largest absolute Gasteiger partial charge is 0.340 e. The molecule has 0 spiro atoms. The van der Waals surface area contributed by atoms with Crippen LogP contribution in [0.25, 0.3) is 0 Å². The minimum absolute atomic E-state index is 0.0733. The summed E-state index contributed by atoms with van der Waals surface area (Å²) in [7, 11) is 3.99. The monoisotopic (exact) mass is 441 g/mol. The average Bonchev–Trinajstić information content (AvgIpc) is 3.21. The van der Waals surface area contributed by atoms with E-state index in [2.05, 4.69) is 10.2 Å². The number of unbranched alkanes of at least 4 members (excludes halogenated alkanes) is 1. The molecule has 8 heteroatoms. The smallest absolute Gasteiger partial charge is 0.238 e. The van der Waals surface area contributed by atoms with Gasteiger partial charge in [-0.05, 0) is 31.4 Å². The predicted molar refractivity (Wildman–Crippen MR) is 120 cm³/mol. The topological polar surface area (TPSA) is 52.7 Å². The van der Waals surface area contributed by atoms with Gasteiger partial charge in [0.05, 0.1) is 17.3 Å². The number of benzene rings is 1. The first kappa shape index (κ1) is 21.8. The maximum absolute atomic E-state index is 12.4. The lowest BCUT2D eigenvalue weighted by molar-refractivity contribution is -0.133. The number of carbonyl (C=O) groups excluding carboxylic acids is 2. The van der Waals surface area contributed by atoms with Crippen LogP contribution in [0.1, 0.15) is 32.1 Å². The molecule has 1 aromatic rings. The molecule has 1 atom stereocenters. The highest BCUT2D eigenvalue weighted by Crippen LogP contribution is 2.39. The van der Waals surface area contributed by atoms with Crippen LogP contribution in [0, 0.1) is 0 Å². The molecule has 2 amide bonds. The minimum Gasteiger partial charge on any atom is -0.340 e. The highest BCUT2D eigenvalue weighted by atomic mass is 35.5. The fourth-order valence-corrected chi connectivity index (χ4v) is 6.69. The van der Waals surface area contributed by atoms with E-state index in [-0.39, 0.29) is 11.8 Å². The molecule has 2 aliphatic rings. The Morgan fingerprint density at radius 2 is 1.93 bits per heavy atom. The first-order valence-electron chi connectivity index (χ1n) is 9.94. The summed E-state index contributed by atoms with van der Waals surface area (Å²) in [5.41, 5.74) is 0.637. The van der Waals surface area contributed by atoms with Gasteiger partial charge in [0.1, 0.15) is 0 Å². The Labute approximate surface area is 180 Å². The molecule has 1 aromatic carbocycles. The number of hydrogen-bond donors (Lipinski definition) is 1. The molecule has 0 aliphatic carbocycles. The third-order valence-electron chi connectivity index (χ3n) is 5.13. The van der Waals surface area contributed by atoms with E-state index in [0.717, 1.165) is 31.2 Å². The Kier molecular flexibility index (Phi) is 8.83. The highest BCUT2D eigenvalue weighted by molar-refractivity contribution is 8.77. The molecule has 28 heavy (non-hydrogen) atoms. The van der Waals surface area contributed by atoms with E-state index in [1.165, 1.54) is 18.6 Å². The lowest BCUT2D eigenvalue weighted by Gasteiger charge is -2.34. The number of halogens is 1. The quantitative estimate of drug-likeness (QED) is 0.485. The molecule has 3 rings (SSSR count). The second-order valence-electron chi connectivity index (χ2n) is 7.26. The van der Waals surface area contributed by atoms with Crippen molar-refractivity contribution in [1.82, 2.24) is 9.80 Å². The van der Waals surface area contributed by atoms with E-state index >= 15 is 0 Å².